The molecule has 1 aromatic carbocycles. The zero-order valence-corrected chi connectivity index (χ0v) is 10.6. The molecule has 90 valence electrons. The van der Waals surface area contributed by atoms with E-state index in [4.69, 9.17) is 14.2 Å². The predicted octanol–water partition coefficient (Wildman–Crippen LogP) is 2.63. The van der Waals surface area contributed by atoms with Crippen molar-refractivity contribution in [2.24, 2.45) is 0 Å². The fraction of sp³-hybridized carbons (Fsp3) is 0.455. The zero-order chi connectivity index (χ0) is 11.8. The van der Waals surface area contributed by atoms with E-state index in [0.29, 0.717) is 36.6 Å². The van der Waals surface area contributed by atoms with E-state index in [1.165, 1.54) is 6.07 Å². The first-order valence-corrected chi connectivity index (χ1v) is 5.68. The summed E-state index contributed by atoms with van der Waals surface area (Å²) in [5, 5.41) is 0. The maximum atomic E-state index is 12.9. The van der Waals surface area contributed by atoms with Crippen molar-refractivity contribution >= 4 is 15.9 Å². The number of halogens is 2. The van der Waals surface area contributed by atoms with Crippen molar-refractivity contribution in [2.45, 2.75) is 0 Å². The van der Waals surface area contributed by atoms with Gasteiger partial charge >= 0.3 is 0 Å². The van der Waals surface area contributed by atoms with E-state index < -0.39 is 0 Å². The molecule has 0 saturated heterocycles. The third kappa shape index (κ3) is 4.92. The molecule has 0 N–H and O–H groups in total. The molecule has 0 unspecified atom stereocenters. The van der Waals surface area contributed by atoms with Crippen LogP contribution in [0.1, 0.15) is 0 Å². The fourth-order valence-electron chi connectivity index (χ4n) is 1.03. The Balaban J connectivity index is 2.19. The molecule has 0 aromatic heterocycles. The van der Waals surface area contributed by atoms with Gasteiger partial charge in [0, 0.05) is 7.11 Å². The van der Waals surface area contributed by atoms with Crippen LogP contribution in [0.5, 0.6) is 5.75 Å². The van der Waals surface area contributed by atoms with Gasteiger partial charge < -0.3 is 14.2 Å². The van der Waals surface area contributed by atoms with Crippen LogP contribution in [0.25, 0.3) is 0 Å². The lowest BCUT2D eigenvalue weighted by atomic mass is 10.3. The van der Waals surface area contributed by atoms with Gasteiger partial charge in [-0.15, -0.1) is 0 Å². The second kappa shape index (κ2) is 7.60. The van der Waals surface area contributed by atoms with Crippen LogP contribution in [0.15, 0.2) is 22.7 Å². The third-order valence-corrected chi connectivity index (χ3v) is 2.43. The van der Waals surface area contributed by atoms with E-state index in [-0.39, 0.29) is 5.82 Å². The summed E-state index contributed by atoms with van der Waals surface area (Å²) in [6.07, 6.45) is 0. The van der Waals surface area contributed by atoms with E-state index in [0.717, 1.165) is 0 Å². The Morgan fingerprint density at radius 1 is 1.19 bits per heavy atom. The highest BCUT2D eigenvalue weighted by molar-refractivity contribution is 9.10. The zero-order valence-electron chi connectivity index (χ0n) is 9.04. The average Bonchev–Trinajstić information content (AvgIpc) is 2.28. The molecule has 0 fully saturated rings. The van der Waals surface area contributed by atoms with Gasteiger partial charge in [-0.3, -0.25) is 0 Å². The molecular weight excluding hydrogens is 279 g/mol. The summed E-state index contributed by atoms with van der Waals surface area (Å²) in [5.41, 5.74) is 0. The van der Waals surface area contributed by atoms with E-state index in [9.17, 15) is 4.39 Å². The molecule has 0 bridgehead atoms. The molecule has 0 radical (unpaired) electrons. The minimum absolute atomic E-state index is 0.302. The van der Waals surface area contributed by atoms with E-state index in [1.807, 2.05) is 0 Å². The van der Waals surface area contributed by atoms with Gasteiger partial charge in [-0.1, -0.05) is 0 Å². The van der Waals surface area contributed by atoms with Gasteiger partial charge in [0.05, 0.1) is 24.3 Å². The molecule has 0 saturated carbocycles. The van der Waals surface area contributed by atoms with Crippen LogP contribution in [-0.4, -0.2) is 33.5 Å². The number of hydrogen-bond acceptors (Lipinski definition) is 3. The van der Waals surface area contributed by atoms with E-state index in [2.05, 4.69) is 15.9 Å². The van der Waals surface area contributed by atoms with Crippen LogP contribution in [0.2, 0.25) is 0 Å². The Morgan fingerprint density at radius 2 is 1.94 bits per heavy atom. The monoisotopic (exact) mass is 292 g/mol. The SMILES string of the molecule is COCCOCCOc1ccc(F)c(Br)c1. The van der Waals surface area contributed by atoms with Gasteiger partial charge in [-0.05, 0) is 34.1 Å². The molecule has 5 heteroatoms. The molecule has 0 aliphatic rings. The van der Waals surface area contributed by atoms with Crippen molar-refractivity contribution in [2.75, 3.05) is 33.5 Å². The van der Waals surface area contributed by atoms with Crippen LogP contribution >= 0.6 is 15.9 Å². The van der Waals surface area contributed by atoms with Crippen molar-refractivity contribution < 1.29 is 18.6 Å². The van der Waals surface area contributed by atoms with Gasteiger partial charge in [0.2, 0.25) is 0 Å². The summed E-state index contributed by atoms with van der Waals surface area (Å²) in [7, 11) is 1.62. The Kier molecular flexibility index (Phi) is 6.37. The molecule has 1 aromatic rings. The van der Waals surface area contributed by atoms with E-state index >= 15 is 0 Å². The van der Waals surface area contributed by atoms with Gasteiger partial charge in [0.15, 0.2) is 0 Å². The van der Waals surface area contributed by atoms with Crippen molar-refractivity contribution in [1.29, 1.82) is 0 Å². The number of methoxy groups -OCH3 is 1. The minimum atomic E-state index is -0.302. The summed E-state index contributed by atoms with van der Waals surface area (Å²) in [6, 6.07) is 4.52. The topological polar surface area (TPSA) is 27.7 Å². The van der Waals surface area contributed by atoms with Crippen LogP contribution < -0.4 is 4.74 Å². The summed E-state index contributed by atoms with van der Waals surface area (Å²) in [6.45, 7) is 2.04. The normalized spacial score (nSPS) is 10.4. The smallest absolute Gasteiger partial charge is 0.137 e. The fourth-order valence-corrected chi connectivity index (χ4v) is 1.39. The Hall–Kier alpha value is -0.650. The first kappa shape index (κ1) is 13.4. The molecular formula is C11H14BrFO3. The quantitative estimate of drug-likeness (QED) is 0.723. The number of hydrogen-bond donors (Lipinski definition) is 0. The molecule has 3 nitrogen and oxygen atoms in total. The van der Waals surface area contributed by atoms with Crippen molar-refractivity contribution in [3.8, 4) is 5.75 Å². The first-order valence-electron chi connectivity index (χ1n) is 4.88. The summed E-state index contributed by atoms with van der Waals surface area (Å²) >= 11 is 3.09. The highest BCUT2D eigenvalue weighted by atomic mass is 79.9. The van der Waals surface area contributed by atoms with Crippen LogP contribution in [0.4, 0.5) is 4.39 Å². The second-order valence-corrected chi connectivity index (χ2v) is 3.88. The molecule has 0 atom stereocenters. The molecule has 0 aliphatic carbocycles. The second-order valence-electron chi connectivity index (χ2n) is 3.03. The highest BCUT2D eigenvalue weighted by Gasteiger charge is 2.00. The molecule has 0 spiro atoms. The summed E-state index contributed by atoms with van der Waals surface area (Å²) in [4.78, 5) is 0. The lowest BCUT2D eigenvalue weighted by Gasteiger charge is -2.07. The number of rotatable bonds is 7. The Morgan fingerprint density at radius 3 is 2.62 bits per heavy atom. The van der Waals surface area contributed by atoms with Gasteiger partial charge in [-0.25, -0.2) is 4.39 Å². The lowest BCUT2D eigenvalue weighted by Crippen LogP contribution is -2.10. The molecule has 0 heterocycles. The maximum Gasteiger partial charge on any atom is 0.137 e. The van der Waals surface area contributed by atoms with E-state index in [1.54, 1.807) is 19.2 Å². The number of ether oxygens (including phenoxy) is 3. The molecule has 16 heavy (non-hydrogen) atoms. The number of benzene rings is 1. The molecule has 0 amide bonds. The van der Waals surface area contributed by atoms with Crippen LogP contribution in [0.3, 0.4) is 0 Å². The molecule has 1 rings (SSSR count). The molecule has 0 aliphatic heterocycles. The third-order valence-electron chi connectivity index (χ3n) is 1.82. The summed E-state index contributed by atoms with van der Waals surface area (Å²) in [5.74, 6) is 0.312. The van der Waals surface area contributed by atoms with Crippen molar-refractivity contribution in [1.82, 2.24) is 0 Å². The first-order chi connectivity index (χ1) is 7.74. The Labute approximate surface area is 103 Å². The van der Waals surface area contributed by atoms with Gasteiger partial charge in [-0.2, -0.15) is 0 Å². The summed E-state index contributed by atoms with van der Waals surface area (Å²) < 4.78 is 28.7. The average molecular weight is 293 g/mol. The van der Waals surface area contributed by atoms with Crippen molar-refractivity contribution in [3.63, 3.8) is 0 Å². The largest absolute Gasteiger partial charge is 0.491 e. The Bertz CT molecular complexity index is 320. The van der Waals surface area contributed by atoms with Crippen LogP contribution in [0, 0.1) is 5.82 Å². The van der Waals surface area contributed by atoms with Crippen LogP contribution in [-0.2, 0) is 9.47 Å². The maximum absolute atomic E-state index is 12.9. The standard InChI is InChI=1S/C11H14BrFO3/c1-14-4-5-15-6-7-16-9-2-3-11(13)10(12)8-9/h2-3,8H,4-7H2,1H3. The van der Waals surface area contributed by atoms with Crippen molar-refractivity contribution in [3.05, 3.63) is 28.5 Å². The lowest BCUT2D eigenvalue weighted by molar-refractivity contribution is 0.0544. The highest BCUT2D eigenvalue weighted by Crippen LogP contribution is 2.21. The predicted molar refractivity (Wildman–Crippen MR) is 62.3 cm³/mol. The van der Waals surface area contributed by atoms with Gasteiger partial charge in [0.25, 0.3) is 0 Å². The minimum Gasteiger partial charge on any atom is -0.491 e. The van der Waals surface area contributed by atoms with Gasteiger partial charge in [0.1, 0.15) is 18.2 Å².